The van der Waals surface area contributed by atoms with Gasteiger partial charge in [0.15, 0.2) is 11.5 Å². The van der Waals surface area contributed by atoms with Crippen molar-refractivity contribution >= 4 is 11.7 Å². The van der Waals surface area contributed by atoms with Crippen molar-refractivity contribution < 1.29 is 24.2 Å². The number of hydrogen-bond donors (Lipinski definition) is 3. The minimum absolute atomic E-state index is 0.0201. The van der Waals surface area contributed by atoms with E-state index in [0.717, 1.165) is 5.56 Å². The van der Waals surface area contributed by atoms with Gasteiger partial charge in [-0.1, -0.05) is 37.3 Å². The van der Waals surface area contributed by atoms with Gasteiger partial charge in [-0.15, -0.1) is 0 Å². The predicted octanol–water partition coefficient (Wildman–Crippen LogP) is 3.03. The summed E-state index contributed by atoms with van der Waals surface area (Å²) in [7, 11) is 0. The summed E-state index contributed by atoms with van der Waals surface area (Å²) < 4.78 is 5.79. The van der Waals surface area contributed by atoms with Gasteiger partial charge in [0.2, 0.25) is 0 Å². The smallest absolute Gasteiger partial charge is 0.255 e. The first-order valence-electron chi connectivity index (χ1n) is 9.85. The Balaban J connectivity index is 1.91. The van der Waals surface area contributed by atoms with Crippen molar-refractivity contribution in [1.29, 1.82) is 0 Å². The Bertz CT molecular complexity index is 806. The monoisotopic (exact) mass is 385 g/mol. The zero-order chi connectivity index (χ0) is 20.1. The SMILES string of the molecule is CCC(=O)c1cc(C(=O)NC2CCC(O)CC2)c([C@@H](CO)c2ccccc2)o1. The number of carbonyl (C=O) groups is 2. The fraction of sp³-hybridized carbons (Fsp3) is 0.455. The van der Waals surface area contributed by atoms with Crippen LogP contribution in [0.1, 0.15) is 77.2 Å². The second-order valence-corrected chi connectivity index (χ2v) is 7.29. The summed E-state index contributed by atoms with van der Waals surface area (Å²) >= 11 is 0. The van der Waals surface area contributed by atoms with Gasteiger partial charge in [0.1, 0.15) is 5.76 Å². The van der Waals surface area contributed by atoms with E-state index in [-0.39, 0.29) is 48.2 Å². The van der Waals surface area contributed by atoms with Crippen LogP contribution in [0.2, 0.25) is 0 Å². The molecular formula is C22H27NO5. The van der Waals surface area contributed by atoms with E-state index in [4.69, 9.17) is 4.42 Å². The van der Waals surface area contributed by atoms with Crippen molar-refractivity contribution in [3.05, 3.63) is 59.0 Å². The number of aliphatic hydroxyl groups excluding tert-OH is 2. The average Bonchev–Trinajstić information content (AvgIpc) is 3.16. The van der Waals surface area contributed by atoms with Crippen LogP contribution in [0.5, 0.6) is 0 Å². The molecule has 1 aliphatic rings. The quantitative estimate of drug-likeness (QED) is 0.636. The summed E-state index contributed by atoms with van der Waals surface area (Å²) in [5.41, 5.74) is 1.09. The highest BCUT2D eigenvalue weighted by Gasteiger charge is 2.29. The number of benzene rings is 1. The first-order chi connectivity index (χ1) is 13.5. The molecule has 3 N–H and O–H groups in total. The second-order valence-electron chi connectivity index (χ2n) is 7.29. The fourth-order valence-electron chi connectivity index (χ4n) is 3.66. The molecule has 0 radical (unpaired) electrons. The van der Waals surface area contributed by atoms with Gasteiger partial charge in [0, 0.05) is 18.5 Å². The highest BCUT2D eigenvalue weighted by Crippen LogP contribution is 2.31. The standard InChI is InChI=1S/C22H27NO5/c1-2-19(26)20-12-17(22(27)23-15-8-10-16(25)11-9-15)21(28-20)18(13-24)14-6-4-3-5-7-14/h3-7,12,15-16,18,24-25H,2,8-11,13H2,1H3,(H,23,27)/t15?,16?,18-/m0/s1. The zero-order valence-corrected chi connectivity index (χ0v) is 16.1. The summed E-state index contributed by atoms with van der Waals surface area (Å²) in [4.78, 5) is 25.1. The number of ketones is 1. The molecule has 1 atom stereocenters. The van der Waals surface area contributed by atoms with E-state index >= 15 is 0 Å². The molecule has 0 bridgehead atoms. The molecule has 2 aromatic rings. The number of aliphatic hydroxyl groups is 2. The lowest BCUT2D eigenvalue weighted by atomic mass is 9.92. The maximum atomic E-state index is 13.0. The molecule has 0 spiro atoms. The molecule has 1 aromatic heterocycles. The van der Waals surface area contributed by atoms with Gasteiger partial charge < -0.3 is 19.9 Å². The highest BCUT2D eigenvalue weighted by atomic mass is 16.4. The minimum Gasteiger partial charge on any atom is -0.456 e. The molecule has 6 nitrogen and oxygen atoms in total. The molecule has 1 amide bonds. The van der Waals surface area contributed by atoms with Crippen LogP contribution in [-0.4, -0.2) is 40.7 Å². The summed E-state index contributed by atoms with van der Waals surface area (Å²) in [6.45, 7) is 1.49. The lowest BCUT2D eigenvalue weighted by Gasteiger charge is -2.26. The van der Waals surface area contributed by atoms with Gasteiger partial charge in [-0.25, -0.2) is 0 Å². The molecule has 1 saturated carbocycles. The predicted molar refractivity (Wildman–Crippen MR) is 104 cm³/mol. The molecular weight excluding hydrogens is 358 g/mol. The normalized spacial score (nSPS) is 20.5. The van der Waals surface area contributed by atoms with Crippen LogP contribution < -0.4 is 5.32 Å². The Kier molecular flexibility index (Phi) is 6.65. The van der Waals surface area contributed by atoms with Crippen molar-refractivity contribution in [2.75, 3.05) is 6.61 Å². The van der Waals surface area contributed by atoms with Crippen LogP contribution in [0, 0.1) is 0 Å². The lowest BCUT2D eigenvalue weighted by molar-refractivity contribution is 0.0864. The highest BCUT2D eigenvalue weighted by molar-refractivity contribution is 6.00. The maximum Gasteiger partial charge on any atom is 0.255 e. The van der Waals surface area contributed by atoms with Crippen LogP contribution in [0.4, 0.5) is 0 Å². The van der Waals surface area contributed by atoms with Gasteiger partial charge in [0.05, 0.1) is 24.2 Å². The molecule has 0 unspecified atom stereocenters. The van der Waals surface area contributed by atoms with Gasteiger partial charge in [0.25, 0.3) is 5.91 Å². The Morgan fingerprint density at radius 3 is 2.46 bits per heavy atom. The van der Waals surface area contributed by atoms with Crippen molar-refractivity contribution in [3.8, 4) is 0 Å². The van der Waals surface area contributed by atoms with Crippen molar-refractivity contribution in [2.45, 2.75) is 57.1 Å². The van der Waals surface area contributed by atoms with E-state index in [2.05, 4.69) is 5.32 Å². The molecule has 6 heteroatoms. The molecule has 3 rings (SSSR count). The summed E-state index contributed by atoms with van der Waals surface area (Å²) in [5, 5.41) is 22.6. The number of Topliss-reactive ketones (excluding diaryl/α,β-unsaturated/α-hetero) is 1. The van der Waals surface area contributed by atoms with E-state index in [9.17, 15) is 19.8 Å². The van der Waals surface area contributed by atoms with E-state index in [1.165, 1.54) is 6.07 Å². The summed E-state index contributed by atoms with van der Waals surface area (Å²) in [6, 6.07) is 10.8. The number of rotatable bonds is 7. The summed E-state index contributed by atoms with van der Waals surface area (Å²) in [6.07, 6.45) is 2.71. The van der Waals surface area contributed by atoms with E-state index in [1.807, 2.05) is 30.3 Å². The average molecular weight is 385 g/mol. The molecule has 0 saturated heterocycles. The molecule has 1 aromatic carbocycles. The third-order valence-electron chi connectivity index (χ3n) is 5.33. The molecule has 0 aliphatic heterocycles. The van der Waals surface area contributed by atoms with E-state index < -0.39 is 5.92 Å². The molecule has 1 aliphatic carbocycles. The van der Waals surface area contributed by atoms with Gasteiger partial charge in [-0.2, -0.15) is 0 Å². The van der Waals surface area contributed by atoms with Crippen molar-refractivity contribution in [3.63, 3.8) is 0 Å². The van der Waals surface area contributed by atoms with Crippen LogP contribution in [0.15, 0.2) is 40.8 Å². The van der Waals surface area contributed by atoms with E-state index in [1.54, 1.807) is 6.92 Å². The Labute approximate surface area is 164 Å². The fourth-order valence-corrected chi connectivity index (χ4v) is 3.66. The van der Waals surface area contributed by atoms with Crippen molar-refractivity contribution in [2.24, 2.45) is 0 Å². The number of nitrogens with one attached hydrogen (secondary N) is 1. The minimum atomic E-state index is -0.534. The van der Waals surface area contributed by atoms with Gasteiger partial charge >= 0.3 is 0 Å². The number of carbonyl (C=O) groups excluding carboxylic acids is 2. The first-order valence-corrected chi connectivity index (χ1v) is 9.85. The van der Waals surface area contributed by atoms with Crippen molar-refractivity contribution in [1.82, 2.24) is 5.32 Å². The zero-order valence-electron chi connectivity index (χ0n) is 16.1. The van der Waals surface area contributed by atoms with Crippen LogP contribution in [-0.2, 0) is 0 Å². The van der Waals surface area contributed by atoms with Crippen LogP contribution >= 0.6 is 0 Å². The third-order valence-corrected chi connectivity index (χ3v) is 5.33. The lowest BCUT2D eigenvalue weighted by Crippen LogP contribution is -2.38. The second kappa shape index (κ2) is 9.17. The Hall–Kier alpha value is -2.44. The first kappa shape index (κ1) is 20.3. The molecule has 150 valence electrons. The van der Waals surface area contributed by atoms with E-state index in [0.29, 0.717) is 31.4 Å². The number of amides is 1. The Morgan fingerprint density at radius 1 is 1.18 bits per heavy atom. The molecule has 28 heavy (non-hydrogen) atoms. The molecule has 1 heterocycles. The molecule has 1 fully saturated rings. The van der Waals surface area contributed by atoms with Gasteiger partial charge in [-0.05, 0) is 31.2 Å². The topological polar surface area (TPSA) is 99.8 Å². The number of hydrogen-bond acceptors (Lipinski definition) is 5. The van der Waals surface area contributed by atoms with Crippen LogP contribution in [0.3, 0.4) is 0 Å². The van der Waals surface area contributed by atoms with Gasteiger partial charge in [-0.3, -0.25) is 9.59 Å². The van der Waals surface area contributed by atoms with Crippen LogP contribution in [0.25, 0.3) is 0 Å². The largest absolute Gasteiger partial charge is 0.456 e. The maximum absolute atomic E-state index is 13.0. The summed E-state index contributed by atoms with van der Waals surface area (Å²) in [5.74, 6) is -0.598. The third kappa shape index (κ3) is 4.51. The Morgan fingerprint density at radius 2 is 1.86 bits per heavy atom. The number of furan rings is 1.